The molecule has 0 aliphatic heterocycles. The molecule has 132 valence electrons. The van der Waals surface area contributed by atoms with Gasteiger partial charge in [-0.25, -0.2) is 0 Å². The SMILES string of the molecule is Cn1nc(C2CC2)cc1C(=O)NC1CCC(Oc2ccccc2)CC1. The van der Waals surface area contributed by atoms with E-state index in [1.165, 1.54) is 12.8 Å². The topological polar surface area (TPSA) is 56.2 Å². The summed E-state index contributed by atoms with van der Waals surface area (Å²) in [7, 11) is 1.85. The molecule has 1 aromatic heterocycles. The summed E-state index contributed by atoms with van der Waals surface area (Å²) in [5, 5.41) is 7.66. The number of benzene rings is 1. The minimum atomic E-state index is -0.00525. The van der Waals surface area contributed by atoms with Gasteiger partial charge in [-0.15, -0.1) is 0 Å². The number of para-hydroxylation sites is 1. The van der Waals surface area contributed by atoms with Crippen molar-refractivity contribution in [1.29, 1.82) is 0 Å². The van der Waals surface area contributed by atoms with Gasteiger partial charge in [-0.2, -0.15) is 5.10 Å². The number of amides is 1. The highest BCUT2D eigenvalue weighted by Gasteiger charge is 2.29. The predicted molar refractivity (Wildman–Crippen MR) is 95.8 cm³/mol. The van der Waals surface area contributed by atoms with Crippen molar-refractivity contribution in [2.24, 2.45) is 7.05 Å². The van der Waals surface area contributed by atoms with E-state index in [4.69, 9.17) is 4.74 Å². The number of aromatic nitrogens is 2. The van der Waals surface area contributed by atoms with Gasteiger partial charge in [-0.1, -0.05) is 18.2 Å². The fourth-order valence-electron chi connectivity index (χ4n) is 3.56. The first kappa shape index (κ1) is 16.2. The highest BCUT2D eigenvalue weighted by atomic mass is 16.5. The zero-order chi connectivity index (χ0) is 17.2. The summed E-state index contributed by atoms with van der Waals surface area (Å²) in [6, 6.07) is 12.1. The highest BCUT2D eigenvalue weighted by Crippen LogP contribution is 2.39. The Bertz CT molecular complexity index is 729. The van der Waals surface area contributed by atoms with Gasteiger partial charge in [-0.05, 0) is 56.7 Å². The predicted octanol–water partition coefficient (Wildman–Crippen LogP) is 3.42. The molecule has 5 heteroatoms. The molecule has 0 spiro atoms. The first-order valence-electron chi connectivity index (χ1n) is 9.25. The van der Waals surface area contributed by atoms with Crippen LogP contribution >= 0.6 is 0 Å². The summed E-state index contributed by atoms with van der Waals surface area (Å²) in [5.74, 6) is 1.49. The molecule has 1 heterocycles. The Morgan fingerprint density at radius 1 is 1.12 bits per heavy atom. The zero-order valence-electron chi connectivity index (χ0n) is 14.6. The number of rotatable bonds is 5. The van der Waals surface area contributed by atoms with Crippen molar-refractivity contribution >= 4 is 5.91 Å². The van der Waals surface area contributed by atoms with Crippen LogP contribution in [0.25, 0.3) is 0 Å². The van der Waals surface area contributed by atoms with E-state index in [-0.39, 0.29) is 18.1 Å². The molecular formula is C20H25N3O2. The van der Waals surface area contributed by atoms with Crippen LogP contribution in [0.4, 0.5) is 0 Å². The van der Waals surface area contributed by atoms with Crippen LogP contribution in [-0.2, 0) is 7.05 Å². The quantitative estimate of drug-likeness (QED) is 0.908. The summed E-state index contributed by atoms with van der Waals surface area (Å²) in [6.07, 6.45) is 6.49. The van der Waals surface area contributed by atoms with E-state index in [1.807, 2.05) is 43.4 Å². The molecule has 0 saturated heterocycles. The first-order chi connectivity index (χ1) is 12.2. The zero-order valence-corrected chi connectivity index (χ0v) is 14.6. The lowest BCUT2D eigenvalue weighted by atomic mass is 9.93. The third-order valence-corrected chi connectivity index (χ3v) is 5.18. The Kier molecular flexibility index (Phi) is 4.47. The second-order valence-electron chi connectivity index (χ2n) is 7.23. The maximum atomic E-state index is 12.6. The normalized spacial score (nSPS) is 23.2. The van der Waals surface area contributed by atoms with Crippen molar-refractivity contribution in [3.63, 3.8) is 0 Å². The molecule has 1 N–H and O–H groups in total. The van der Waals surface area contributed by atoms with Gasteiger partial charge in [0, 0.05) is 19.0 Å². The molecule has 5 nitrogen and oxygen atoms in total. The Labute approximate surface area is 148 Å². The maximum Gasteiger partial charge on any atom is 0.269 e. The van der Waals surface area contributed by atoms with Crippen LogP contribution in [0.3, 0.4) is 0 Å². The number of hydrogen-bond acceptors (Lipinski definition) is 3. The van der Waals surface area contributed by atoms with E-state index in [9.17, 15) is 4.79 Å². The van der Waals surface area contributed by atoms with Crippen LogP contribution in [0.5, 0.6) is 5.75 Å². The van der Waals surface area contributed by atoms with E-state index in [2.05, 4.69) is 10.4 Å². The number of nitrogens with zero attached hydrogens (tertiary/aromatic N) is 2. The van der Waals surface area contributed by atoms with E-state index >= 15 is 0 Å². The lowest BCUT2D eigenvalue weighted by Gasteiger charge is -2.29. The first-order valence-corrected chi connectivity index (χ1v) is 9.25. The van der Waals surface area contributed by atoms with Gasteiger partial charge in [0.15, 0.2) is 0 Å². The molecule has 2 aliphatic rings. The number of aryl methyl sites for hydroxylation is 1. The highest BCUT2D eigenvalue weighted by molar-refractivity contribution is 5.92. The average Bonchev–Trinajstić information content (AvgIpc) is 3.40. The van der Waals surface area contributed by atoms with Gasteiger partial charge < -0.3 is 10.1 Å². The number of carbonyl (C=O) groups is 1. The van der Waals surface area contributed by atoms with Gasteiger partial charge >= 0.3 is 0 Å². The number of hydrogen-bond donors (Lipinski definition) is 1. The summed E-state index contributed by atoms with van der Waals surface area (Å²) >= 11 is 0. The maximum absolute atomic E-state index is 12.6. The van der Waals surface area contributed by atoms with Crippen molar-refractivity contribution in [2.45, 2.75) is 56.6 Å². The lowest BCUT2D eigenvalue weighted by molar-refractivity contribution is 0.0884. The standard InChI is InChI=1S/C20H25N3O2/c1-23-19(13-18(22-23)14-7-8-14)20(24)21-15-9-11-17(12-10-15)25-16-5-3-2-4-6-16/h2-6,13-15,17H,7-12H2,1H3,(H,21,24). The molecule has 0 atom stereocenters. The van der Waals surface area contributed by atoms with Crippen molar-refractivity contribution in [1.82, 2.24) is 15.1 Å². The lowest BCUT2D eigenvalue weighted by Crippen LogP contribution is -2.40. The molecule has 2 aromatic rings. The second-order valence-corrected chi connectivity index (χ2v) is 7.23. The molecule has 0 bridgehead atoms. The smallest absolute Gasteiger partial charge is 0.269 e. The second kappa shape index (κ2) is 6.90. The van der Waals surface area contributed by atoms with Crippen molar-refractivity contribution in [2.75, 3.05) is 0 Å². The number of ether oxygens (including phenoxy) is 1. The minimum absolute atomic E-state index is 0.00525. The summed E-state index contributed by atoms with van der Waals surface area (Å²) in [6.45, 7) is 0. The van der Waals surface area contributed by atoms with Crippen LogP contribution in [0.1, 0.15) is 60.6 Å². The number of nitrogens with one attached hydrogen (secondary N) is 1. The van der Waals surface area contributed by atoms with E-state index in [1.54, 1.807) is 4.68 Å². The van der Waals surface area contributed by atoms with Crippen molar-refractivity contribution < 1.29 is 9.53 Å². The Hall–Kier alpha value is -2.30. The van der Waals surface area contributed by atoms with E-state index in [0.717, 1.165) is 37.1 Å². The molecule has 2 saturated carbocycles. The Morgan fingerprint density at radius 2 is 1.84 bits per heavy atom. The Balaban J connectivity index is 1.29. The minimum Gasteiger partial charge on any atom is -0.490 e. The number of carbonyl (C=O) groups excluding carboxylic acids is 1. The third kappa shape index (κ3) is 3.86. The van der Waals surface area contributed by atoms with Crippen LogP contribution in [0.2, 0.25) is 0 Å². The van der Waals surface area contributed by atoms with E-state index in [0.29, 0.717) is 11.6 Å². The van der Waals surface area contributed by atoms with Gasteiger partial charge in [0.2, 0.25) is 0 Å². The fourth-order valence-corrected chi connectivity index (χ4v) is 3.56. The van der Waals surface area contributed by atoms with Crippen molar-refractivity contribution in [3.05, 3.63) is 47.8 Å². The van der Waals surface area contributed by atoms with Crippen LogP contribution in [-0.4, -0.2) is 27.8 Å². The molecule has 0 unspecified atom stereocenters. The van der Waals surface area contributed by atoms with Gasteiger partial charge in [0.25, 0.3) is 5.91 Å². The fraction of sp³-hybridized carbons (Fsp3) is 0.500. The summed E-state index contributed by atoms with van der Waals surface area (Å²) < 4.78 is 7.74. The largest absolute Gasteiger partial charge is 0.490 e. The van der Waals surface area contributed by atoms with Crippen LogP contribution in [0, 0.1) is 0 Å². The van der Waals surface area contributed by atoms with Crippen molar-refractivity contribution in [3.8, 4) is 5.75 Å². The third-order valence-electron chi connectivity index (χ3n) is 5.18. The summed E-state index contributed by atoms with van der Waals surface area (Å²) in [4.78, 5) is 12.6. The average molecular weight is 339 g/mol. The Morgan fingerprint density at radius 3 is 2.52 bits per heavy atom. The molecule has 4 rings (SSSR count). The van der Waals surface area contributed by atoms with E-state index < -0.39 is 0 Å². The van der Waals surface area contributed by atoms with Gasteiger partial charge in [-0.3, -0.25) is 9.48 Å². The summed E-state index contributed by atoms with van der Waals surface area (Å²) in [5.41, 5.74) is 1.73. The van der Waals surface area contributed by atoms with Crippen LogP contribution in [0.15, 0.2) is 36.4 Å². The molecule has 2 aliphatic carbocycles. The van der Waals surface area contributed by atoms with Gasteiger partial charge in [0.1, 0.15) is 11.4 Å². The monoisotopic (exact) mass is 339 g/mol. The molecule has 1 aromatic carbocycles. The molecule has 1 amide bonds. The molecular weight excluding hydrogens is 314 g/mol. The molecule has 0 radical (unpaired) electrons. The van der Waals surface area contributed by atoms with Crippen LogP contribution < -0.4 is 10.1 Å². The molecule has 25 heavy (non-hydrogen) atoms. The van der Waals surface area contributed by atoms with Gasteiger partial charge in [0.05, 0.1) is 11.8 Å². The molecule has 2 fully saturated rings.